The molecule has 0 radical (unpaired) electrons. The molecule has 5 heteroatoms. The monoisotopic (exact) mass is 301 g/mol. The van der Waals surface area contributed by atoms with E-state index < -0.39 is 6.03 Å². The zero-order chi connectivity index (χ0) is 16.1. The quantitative estimate of drug-likeness (QED) is 0.837. The van der Waals surface area contributed by atoms with Gasteiger partial charge in [0.2, 0.25) is 0 Å². The highest BCUT2D eigenvalue weighted by atomic mass is 16.2. The number of carbonyl (C=O) groups excluding carboxylic acids is 2. The molecule has 0 aromatic heterocycles. The lowest BCUT2D eigenvalue weighted by Crippen LogP contribution is -2.37. The van der Waals surface area contributed by atoms with Gasteiger partial charge in [-0.05, 0) is 43.6 Å². The van der Waals surface area contributed by atoms with Crippen molar-refractivity contribution in [1.82, 2.24) is 5.43 Å². The van der Waals surface area contributed by atoms with E-state index in [0.29, 0.717) is 12.3 Å². The Morgan fingerprint density at radius 3 is 2.59 bits per heavy atom. The number of rotatable bonds is 4. The van der Waals surface area contributed by atoms with Crippen molar-refractivity contribution in [3.05, 3.63) is 35.9 Å². The van der Waals surface area contributed by atoms with Crippen LogP contribution in [0.1, 0.15) is 32.3 Å². The van der Waals surface area contributed by atoms with Crippen LogP contribution < -0.4 is 11.2 Å². The average molecular weight is 301 g/mol. The van der Waals surface area contributed by atoms with Crippen LogP contribution in [0.5, 0.6) is 0 Å². The molecule has 0 unspecified atom stereocenters. The largest absolute Gasteiger partial charge is 0.350 e. The summed E-state index contributed by atoms with van der Waals surface area (Å²) in [4.78, 5) is 22.7. The molecular weight excluding hydrogens is 278 g/mol. The zero-order valence-corrected chi connectivity index (χ0v) is 13.1. The summed E-state index contributed by atoms with van der Waals surface area (Å²) in [6.07, 6.45) is 2.37. The van der Waals surface area contributed by atoms with Gasteiger partial charge >= 0.3 is 6.03 Å². The summed E-state index contributed by atoms with van der Waals surface area (Å²) in [6.45, 7) is 3.73. The van der Waals surface area contributed by atoms with Crippen LogP contribution >= 0.6 is 0 Å². The fraction of sp³-hybridized carbons (Fsp3) is 0.471. The first kappa shape index (κ1) is 16.2. The lowest BCUT2D eigenvalue weighted by atomic mass is 9.70. The molecule has 1 aliphatic rings. The molecule has 22 heavy (non-hydrogen) atoms. The van der Waals surface area contributed by atoms with Gasteiger partial charge in [-0.25, -0.2) is 10.2 Å². The SMILES string of the molecule is CC(=O)[C@@H]1CC(=NNC(N)=O)[C@H](C)[C@@H](Cc2ccccc2)C1. The van der Waals surface area contributed by atoms with Crippen LogP contribution in [0.2, 0.25) is 0 Å². The van der Waals surface area contributed by atoms with E-state index in [9.17, 15) is 9.59 Å². The fourth-order valence-corrected chi connectivity index (χ4v) is 3.12. The minimum atomic E-state index is -0.677. The van der Waals surface area contributed by atoms with Gasteiger partial charge in [0.05, 0.1) is 0 Å². The Bertz CT molecular complexity index is 569. The van der Waals surface area contributed by atoms with Gasteiger partial charge in [0.15, 0.2) is 0 Å². The van der Waals surface area contributed by atoms with Crippen molar-refractivity contribution in [3.63, 3.8) is 0 Å². The first-order valence-electron chi connectivity index (χ1n) is 7.63. The number of benzene rings is 1. The topological polar surface area (TPSA) is 84.6 Å². The zero-order valence-electron chi connectivity index (χ0n) is 13.1. The molecular formula is C17H23N3O2. The molecule has 2 rings (SSSR count). The molecule has 1 aromatic carbocycles. The predicted molar refractivity (Wildman–Crippen MR) is 86.4 cm³/mol. The van der Waals surface area contributed by atoms with Crippen molar-refractivity contribution in [2.75, 3.05) is 0 Å². The third kappa shape index (κ3) is 4.16. The first-order valence-corrected chi connectivity index (χ1v) is 7.63. The fourth-order valence-electron chi connectivity index (χ4n) is 3.12. The molecule has 2 amide bonds. The highest BCUT2D eigenvalue weighted by molar-refractivity contribution is 5.93. The van der Waals surface area contributed by atoms with Gasteiger partial charge in [0.1, 0.15) is 5.78 Å². The average Bonchev–Trinajstić information content (AvgIpc) is 2.48. The van der Waals surface area contributed by atoms with Crippen LogP contribution in [0, 0.1) is 17.8 Å². The summed E-state index contributed by atoms with van der Waals surface area (Å²) < 4.78 is 0. The standard InChI is InChI=1S/C17H23N3O2/c1-11-14(8-13-6-4-3-5-7-13)9-15(12(2)21)10-16(11)19-20-17(18)22/h3-7,11,14-15H,8-10H2,1-2H3,(H3,18,20,22)/t11-,14+,15+/m1/s1. The molecule has 1 saturated carbocycles. The van der Waals surface area contributed by atoms with E-state index in [2.05, 4.69) is 29.6 Å². The van der Waals surface area contributed by atoms with Crippen LogP contribution in [0.25, 0.3) is 0 Å². The molecule has 118 valence electrons. The van der Waals surface area contributed by atoms with Gasteiger partial charge in [-0.2, -0.15) is 5.10 Å². The molecule has 5 nitrogen and oxygen atoms in total. The number of carbonyl (C=O) groups is 2. The molecule has 0 heterocycles. The Labute approximate surface area is 131 Å². The maximum atomic E-state index is 11.8. The Morgan fingerprint density at radius 1 is 1.32 bits per heavy atom. The number of nitrogens with one attached hydrogen (secondary N) is 1. The van der Waals surface area contributed by atoms with Gasteiger partial charge in [0.25, 0.3) is 0 Å². The second-order valence-electron chi connectivity index (χ2n) is 6.07. The molecule has 0 saturated heterocycles. The van der Waals surface area contributed by atoms with Crippen LogP contribution in [-0.4, -0.2) is 17.5 Å². The van der Waals surface area contributed by atoms with E-state index in [1.165, 1.54) is 5.56 Å². The number of Topliss-reactive ketones (excluding diaryl/α,β-unsaturated/α-hetero) is 1. The highest BCUT2D eigenvalue weighted by Crippen LogP contribution is 2.34. The van der Waals surface area contributed by atoms with Crippen molar-refractivity contribution in [3.8, 4) is 0 Å². The van der Waals surface area contributed by atoms with Gasteiger partial charge in [-0.3, -0.25) is 4.79 Å². The molecule has 1 aromatic rings. The third-order valence-corrected chi connectivity index (χ3v) is 4.50. The second kappa shape index (κ2) is 7.20. The van der Waals surface area contributed by atoms with E-state index >= 15 is 0 Å². The Hall–Kier alpha value is -2.17. The molecule has 3 atom stereocenters. The molecule has 0 bridgehead atoms. The number of urea groups is 1. The Kier molecular flexibility index (Phi) is 5.31. The summed E-state index contributed by atoms with van der Waals surface area (Å²) in [5.41, 5.74) is 9.50. The summed E-state index contributed by atoms with van der Waals surface area (Å²) in [6, 6.07) is 9.56. The molecule has 0 spiro atoms. The van der Waals surface area contributed by atoms with E-state index in [1.54, 1.807) is 6.92 Å². The van der Waals surface area contributed by atoms with E-state index in [-0.39, 0.29) is 17.6 Å². The summed E-state index contributed by atoms with van der Waals surface area (Å²) in [5.74, 6) is 0.691. The van der Waals surface area contributed by atoms with E-state index in [4.69, 9.17) is 5.73 Å². The maximum Gasteiger partial charge on any atom is 0.332 e. The van der Waals surface area contributed by atoms with Crippen LogP contribution in [0.3, 0.4) is 0 Å². The van der Waals surface area contributed by atoms with E-state index in [1.807, 2.05) is 18.2 Å². The number of hydrogen-bond acceptors (Lipinski definition) is 3. The van der Waals surface area contributed by atoms with Gasteiger partial charge in [-0.1, -0.05) is 37.3 Å². The summed E-state index contributed by atoms with van der Waals surface area (Å²) >= 11 is 0. The van der Waals surface area contributed by atoms with Crippen LogP contribution in [0.15, 0.2) is 35.4 Å². The van der Waals surface area contributed by atoms with Crippen molar-refractivity contribution in [1.29, 1.82) is 0 Å². The predicted octanol–water partition coefficient (Wildman–Crippen LogP) is 2.50. The van der Waals surface area contributed by atoms with Crippen LogP contribution in [-0.2, 0) is 11.2 Å². The summed E-state index contributed by atoms with van der Waals surface area (Å²) in [5, 5.41) is 4.13. The van der Waals surface area contributed by atoms with Gasteiger partial charge in [0, 0.05) is 11.6 Å². The summed E-state index contributed by atoms with van der Waals surface area (Å²) in [7, 11) is 0. The van der Waals surface area contributed by atoms with E-state index in [0.717, 1.165) is 18.6 Å². The lowest BCUT2D eigenvalue weighted by Gasteiger charge is -2.34. The minimum Gasteiger partial charge on any atom is -0.350 e. The van der Waals surface area contributed by atoms with Gasteiger partial charge < -0.3 is 5.73 Å². The van der Waals surface area contributed by atoms with Gasteiger partial charge in [-0.15, -0.1) is 0 Å². The number of amides is 2. The molecule has 3 N–H and O–H groups in total. The smallest absolute Gasteiger partial charge is 0.332 e. The number of nitrogens with zero attached hydrogens (tertiary/aromatic N) is 1. The molecule has 0 aliphatic heterocycles. The Morgan fingerprint density at radius 2 is 2.00 bits per heavy atom. The van der Waals surface area contributed by atoms with Crippen molar-refractivity contribution < 1.29 is 9.59 Å². The molecule has 1 aliphatic carbocycles. The van der Waals surface area contributed by atoms with Crippen LogP contribution in [0.4, 0.5) is 4.79 Å². The highest BCUT2D eigenvalue weighted by Gasteiger charge is 2.34. The minimum absolute atomic E-state index is 0.0293. The molecule has 1 fully saturated rings. The first-order chi connectivity index (χ1) is 10.5. The number of primary amides is 1. The second-order valence-corrected chi connectivity index (χ2v) is 6.07. The third-order valence-electron chi connectivity index (χ3n) is 4.50. The normalized spacial score (nSPS) is 26.6. The maximum absolute atomic E-state index is 11.8. The van der Waals surface area contributed by atoms with Crippen molar-refractivity contribution >= 4 is 17.5 Å². The van der Waals surface area contributed by atoms with Crippen molar-refractivity contribution in [2.24, 2.45) is 28.6 Å². The number of nitrogens with two attached hydrogens (primary N) is 1. The van der Waals surface area contributed by atoms with Crippen molar-refractivity contribution in [2.45, 2.75) is 33.1 Å². The number of ketones is 1. The number of hydrogen-bond donors (Lipinski definition) is 2. The Balaban J connectivity index is 2.18. The number of hydrazone groups is 1. The lowest BCUT2D eigenvalue weighted by molar-refractivity contribution is -0.121.